The van der Waals surface area contributed by atoms with Crippen molar-refractivity contribution in [3.8, 4) is 6.07 Å². The molecule has 2 aliphatic rings. The van der Waals surface area contributed by atoms with Gasteiger partial charge in [-0.3, -0.25) is 0 Å². The van der Waals surface area contributed by atoms with Gasteiger partial charge in [0.1, 0.15) is 6.79 Å². The summed E-state index contributed by atoms with van der Waals surface area (Å²) in [6, 6.07) is 2.66. The number of nitriles is 1. The lowest BCUT2D eigenvalue weighted by Gasteiger charge is -2.35. The Morgan fingerprint density at radius 2 is 1.30 bits per heavy atom. The van der Waals surface area contributed by atoms with Gasteiger partial charge in [-0.25, -0.2) is 0 Å². The predicted molar refractivity (Wildman–Crippen MR) is 125 cm³/mol. The van der Waals surface area contributed by atoms with E-state index in [-0.39, 0.29) is 5.41 Å². The molecular formula is C27H49NO2. The fourth-order valence-corrected chi connectivity index (χ4v) is 5.47. The van der Waals surface area contributed by atoms with E-state index >= 15 is 0 Å². The van der Waals surface area contributed by atoms with Crippen molar-refractivity contribution in [2.45, 2.75) is 148 Å². The Labute approximate surface area is 187 Å². The summed E-state index contributed by atoms with van der Waals surface area (Å²) >= 11 is 0. The highest BCUT2D eigenvalue weighted by atomic mass is 16.7. The summed E-state index contributed by atoms with van der Waals surface area (Å²) in [5.74, 6) is 0.933. The van der Waals surface area contributed by atoms with Gasteiger partial charge in [0.05, 0.1) is 23.7 Å². The van der Waals surface area contributed by atoms with Crippen LogP contribution in [0.2, 0.25) is 0 Å². The first kappa shape index (κ1) is 25.7. The first-order chi connectivity index (χ1) is 14.7. The maximum atomic E-state index is 9.73. The van der Waals surface area contributed by atoms with Crippen molar-refractivity contribution >= 4 is 0 Å². The fraction of sp³-hybridized carbons (Fsp3) is 0.963. The second-order valence-electron chi connectivity index (χ2n) is 10.2. The van der Waals surface area contributed by atoms with Crippen molar-refractivity contribution in [2.24, 2.45) is 11.3 Å². The zero-order valence-electron chi connectivity index (χ0n) is 20.1. The van der Waals surface area contributed by atoms with E-state index in [0.717, 1.165) is 38.0 Å². The number of hydrogen-bond donors (Lipinski definition) is 0. The van der Waals surface area contributed by atoms with Crippen molar-refractivity contribution in [3.63, 3.8) is 0 Å². The van der Waals surface area contributed by atoms with E-state index in [1.165, 1.54) is 89.9 Å². The topological polar surface area (TPSA) is 42.2 Å². The Hall–Kier alpha value is -0.590. The van der Waals surface area contributed by atoms with E-state index in [9.17, 15) is 5.26 Å². The van der Waals surface area contributed by atoms with Gasteiger partial charge in [0.15, 0.2) is 0 Å². The van der Waals surface area contributed by atoms with Crippen LogP contribution < -0.4 is 0 Å². The Kier molecular flexibility index (Phi) is 13.0. The van der Waals surface area contributed by atoms with E-state index < -0.39 is 0 Å². The number of unbranched alkanes of at least 4 members (excludes halogenated alkanes) is 7. The molecule has 0 saturated heterocycles. The zero-order valence-corrected chi connectivity index (χ0v) is 20.1. The molecule has 0 N–H and O–H groups in total. The lowest BCUT2D eigenvalue weighted by atomic mass is 9.71. The summed E-state index contributed by atoms with van der Waals surface area (Å²) in [4.78, 5) is 0. The number of nitrogens with zero attached hydrogens (tertiary/aromatic N) is 1. The normalized spacial score (nSPS) is 29.6. The van der Waals surface area contributed by atoms with Gasteiger partial charge in [0, 0.05) is 0 Å². The van der Waals surface area contributed by atoms with Gasteiger partial charge in [-0.05, 0) is 63.7 Å². The molecule has 0 aromatic rings. The average molecular weight is 420 g/mol. The summed E-state index contributed by atoms with van der Waals surface area (Å²) in [7, 11) is 0. The highest BCUT2D eigenvalue weighted by Gasteiger charge is 2.35. The molecule has 0 spiro atoms. The molecule has 0 aromatic heterocycles. The van der Waals surface area contributed by atoms with E-state index in [1.54, 1.807) is 0 Å². The molecule has 0 bridgehead atoms. The molecular weight excluding hydrogens is 370 g/mol. The van der Waals surface area contributed by atoms with Crippen LogP contribution in [0.25, 0.3) is 0 Å². The molecule has 0 radical (unpaired) electrons. The second kappa shape index (κ2) is 15.3. The maximum absolute atomic E-state index is 9.73. The van der Waals surface area contributed by atoms with E-state index in [0.29, 0.717) is 19.0 Å². The average Bonchev–Trinajstić information content (AvgIpc) is 2.79. The van der Waals surface area contributed by atoms with Crippen molar-refractivity contribution in [1.29, 1.82) is 5.26 Å². The molecule has 2 fully saturated rings. The predicted octanol–water partition coefficient (Wildman–Crippen LogP) is 8.32. The standard InChI is InChI=1S/C27H49NO2/c1-3-5-7-9-10-12-24-13-15-25(16-14-24)29-23-30-26-17-20-27(22-28,21-18-26)19-11-8-6-4-2/h24-26H,3-21,23H2,1-2H3/t24-,25-,26-,27-. The third-order valence-corrected chi connectivity index (χ3v) is 7.75. The van der Waals surface area contributed by atoms with Crippen LogP contribution in [0.5, 0.6) is 0 Å². The molecule has 2 aliphatic carbocycles. The molecule has 0 atom stereocenters. The molecule has 2 saturated carbocycles. The van der Waals surface area contributed by atoms with Crippen LogP contribution in [0, 0.1) is 22.7 Å². The number of rotatable bonds is 15. The molecule has 0 heterocycles. The van der Waals surface area contributed by atoms with Crippen LogP contribution >= 0.6 is 0 Å². The summed E-state index contributed by atoms with van der Waals surface area (Å²) in [5.41, 5.74) is -0.0800. The minimum Gasteiger partial charge on any atom is -0.352 e. The van der Waals surface area contributed by atoms with E-state index in [1.807, 2.05) is 0 Å². The Bertz CT molecular complexity index is 456. The van der Waals surface area contributed by atoms with Gasteiger partial charge >= 0.3 is 0 Å². The number of ether oxygens (including phenoxy) is 2. The highest BCUT2D eigenvalue weighted by molar-refractivity contribution is 5.01. The Morgan fingerprint density at radius 1 is 0.733 bits per heavy atom. The lowest BCUT2D eigenvalue weighted by Crippen LogP contribution is -2.31. The van der Waals surface area contributed by atoms with E-state index in [4.69, 9.17) is 9.47 Å². The van der Waals surface area contributed by atoms with Crippen LogP contribution in [0.1, 0.15) is 136 Å². The summed E-state index contributed by atoms with van der Waals surface area (Å²) in [6.45, 7) is 4.98. The zero-order chi connectivity index (χ0) is 21.5. The van der Waals surface area contributed by atoms with Gasteiger partial charge in [-0.15, -0.1) is 0 Å². The van der Waals surface area contributed by atoms with Crippen molar-refractivity contribution in [1.82, 2.24) is 0 Å². The van der Waals surface area contributed by atoms with Crippen LogP contribution in [-0.4, -0.2) is 19.0 Å². The van der Waals surface area contributed by atoms with Crippen LogP contribution in [0.15, 0.2) is 0 Å². The fourth-order valence-electron chi connectivity index (χ4n) is 5.47. The molecule has 30 heavy (non-hydrogen) atoms. The van der Waals surface area contributed by atoms with Crippen molar-refractivity contribution in [3.05, 3.63) is 0 Å². The summed E-state index contributed by atoms with van der Waals surface area (Å²) < 4.78 is 12.1. The van der Waals surface area contributed by atoms with Gasteiger partial charge < -0.3 is 9.47 Å². The molecule has 3 nitrogen and oxygen atoms in total. The summed E-state index contributed by atoms with van der Waals surface area (Å²) in [5, 5.41) is 9.73. The first-order valence-electron chi connectivity index (χ1n) is 13.4. The smallest absolute Gasteiger partial charge is 0.147 e. The molecule has 174 valence electrons. The molecule has 0 unspecified atom stereocenters. The minimum atomic E-state index is -0.0800. The van der Waals surface area contributed by atoms with Crippen LogP contribution in [-0.2, 0) is 9.47 Å². The third-order valence-electron chi connectivity index (χ3n) is 7.75. The SMILES string of the molecule is CCCCCCC[C@H]1CC[C@H](OCO[C@H]2CC[C@@](C#N)(CCCCCC)CC2)CC1. The van der Waals surface area contributed by atoms with Gasteiger partial charge in [-0.2, -0.15) is 5.26 Å². The minimum absolute atomic E-state index is 0.0800. The molecule has 2 rings (SSSR count). The maximum Gasteiger partial charge on any atom is 0.147 e. The van der Waals surface area contributed by atoms with Crippen molar-refractivity contribution in [2.75, 3.05) is 6.79 Å². The second-order valence-corrected chi connectivity index (χ2v) is 10.2. The largest absolute Gasteiger partial charge is 0.352 e. The Balaban J connectivity index is 1.51. The van der Waals surface area contributed by atoms with Crippen LogP contribution in [0.4, 0.5) is 0 Å². The van der Waals surface area contributed by atoms with Gasteiger partial charge in [0.25, 0.3) is 0 Å². The Morgan fingerprint density at radius 3 is 1.90 bits per heavy atom. The highest BCUT2D eigenvalue weighted by Crippen LogP contribution is 2.41. The molecule has 0 amide bonds. The lowest BCUT2D eigenvalue weighted by molar-refractivity contribution is -0.137. The first-order valence-corrected chi connectivity index (χ1v) is 13.4. The van der Waals surface area contributed by atoms with Gasteiger partial charge in [0.2, 0.25) is 0 Å². The monoisotopic (exact) mass is 419 g/mol. The van der Waals surface area contributed by atoms with Crippen molar-refractivity contribution < 1.29 is 9.47 Å². The van der Waals surface area contributed by atoms with E-state index in [2.05, 4.69) is 19.9 Å². The third kappa shape index (κ3) is 9.69. The number of hydrogen-bond acceptors (Lipinski definition) is 3. The molecule has 0 aliphatic heterocycles. The van der Waals surface area contributed by atoms with Gasteiger partial charge in [-0.1, -0.05) is 78.1 Å². The summed E-state index contributed by atoms with van der Waals surface area (Å²) in [6.07, 6.45) is 24.4. The quantitative estimate of drug-likeness (QED) is 0.198. The molecule has 0 aromatic carbocycles. The molecule has 3 heteroatoms. The van der Waals surface area contributed by atoms with Crippen LogP contribution in [0.3, 0.4) is 0 Å².